The zero-order valence-electron chi connectivity index (χ0n) is 16.3. The molecule has 28 heavy (non-hydrogen) atoms. The van der Waals surface area contributed by atoms with E-state index in [9.17, 15) is 10.1 Å². The van der Waals surface area contributed by atoms with E-state index in [0.29, 0.717) is 25.3 Å². The Balaban J connectivity index is 2.11. The summed E-state index contributed by atoms with van der Waals surface area (Å²) in [6.07, 6.45) is 0.636. The monoisotopic (exact) mass is 403 g/mol. The van der Waals surface area contributed by atoms with Crippen LogP contribution in [0.15, 0.2) is 59.5 Å². The van der Waals surface area contributed by atoms with Gasteiger partial charge in [0.05, 0.1) is 6.04 Å². The van der Waals surface area contributed by atoms with Gasteiger partial charge in [0.1, 0.15) is 6.10 Å². The molecule has 0 aliphatic carbocycles. The number of nitrogens with one attached hydrogen (secondary N) is 1. The Bertz CT molecular complexity index is 698. The van der Waals surface area contributed by atoms with E-state index in [-0.39, 0.29) is 6.04 Å². The molecule has 152 valence electrons. The first-order valence-corrected chi connectivity index (χ1v) is 10.1. The highest BCUT2D eigenvalue weighted by Crippen LogP contribution is 2.26. The van der Waals surface area contributed by atoms with Crippen molar-refractivity contribution in [2.45, 2.75) is 37.3 Å². The molecule has 7 heteroatoms. The molecular weight excluding hydrogens is 374 g/mol. The number of nitrogens with zero attached hydrogens (tertiary/aromatic N) is 1. The van der Waals surface area contributed by atoms with Crippen LogP contribution in [0.3, 0.4) is 0 Å². The minimum Gasteiger partial charge on any atom is -0.399 e. The molecular formula is C21H29N3O3S. The van der Waals surface area contributed by atoms with Crippen molar-refractivity contribution in [3.63, 3.8) is 0 Å². The Morgan fingerprint density at radius 2 is 1.82 bits per heavy atom. The first-order chi connectivity index (χ1) is 13.5. The lowest BCUT2D eigenvalue weighted by Gasteiger charge is -2.30. The van der Waals surface area contributed by atoms with Crippen LogP contribution in [-0.4, -0.2) is 41.2 Å². The zero-order valence-corrected chi connectivity index (χ0v) is 17.1. The van der Waals surface area contributed by atoms with E-state index in [1.807, 2.05) is 54.6 Å². The summed E-state index contributed by atoms with van der Waals surface area (Å²) in [5.74, 6) is 0.423. The third kappa shape index (κ3) is 7.52. The van der Waals surface area contributed by atoms with Gasteiger partial charge in [0.25, 0.3) is 0 Å². The number of nitrogens with two attached hydrogens (primary N) is 1. The van der Waals surface area contributed by atoms with E-state index in [1.54, 1.807) is 11.9 Å². The van der Waals surface area contributed by atoms with Crippen LogP contribution in [0.5, 0.6) is 0 Å². The standard InChI is InChI=1S/C21H29N3O3S/c1-16(2)13-24(28-19-10-8-18(22)9-11-19)14-21(27-26)20(23-15-25)12-17-6-4-3-5-7-17/h3-11,15-16,20-21,26H,12-14,22H2,1-2H3,(H,23,25). The highest BCUT2D eigenvalue weighted by Gasteiger charge is 2.26. The van der Waals surface area contributed by atoms with Gasteiger partial charge in [-0.3, -0.25) is 10.1 Å². The summed E-state index contributed by atoms with van der Waals surface area (Å²) in [5.41, 5.74) is 7.55. The van der Waals surface area contributed by atoms with Gasteiger partial charge in [-0.2, -0.15) is 0 Å². The summed E-state index contributed by atoms with van der Waals surface area (Å²) >= 11 is 1.58. The van der Waals surface area contributed by atoms with Crippen LogP contribution in [0.2, 0.25) is 0 Å². The van der Waals surface area contributed by atoms with E-state index in [0.717, 1.165) is 22.7 Å². The molecule has 4 N–H and O–H groups in total. The van der Waals surface area contributed by atoms with Crippen molar-refractivity contribution >= 4 is 24.0 Å². The van der Waals surface area contributed by atoms with Crippen LogP contribution < -0.4 is 11.1 Å². The van der Waals surface area contributed by atoms with Crippen molar-refractivity contribution in [3.05, 3.63) is 60.2 Å². The second-order valence-electron chi connectivity index (χ2n) is 7.13. The van der Waals surface area contributed by atoms with Crippen LogP contribution >= 0.6 is 11.9 Å². The molecule has 0 fully saturated rings. The molecule has 0 saturated heterocycles. The van der Waals surface area contributed by atoms with Crippen molar-refractivity contribution in [1.29, 1.82) is 0 Å². The molecule has 2 unspecified atom stereocenters. The molecule has 2 rings (SSSR count). The lowest BCUT2D eigenvalue weighted by Crippen LogP contribution is -2.47. The van der Waals surface area contributed by atoms with E-state index in [4.69, 9.17) is 10.6 Å². The number of carbonyl (C=O) groups excluding carboxylic acids is 1. The van der Waals surface area contributed by atoms with Crippen molar-refractivity contribution in [3.8, 4) is 0 Å². The van der Waals surface area contributed by atoms with Crippen molar-refractivity contribution in [1.82, 2.24) is 9.62 Å². The van der Waals surface area contributed by atoms with Gasteiger partial charge >= 0.3 is 0 Å². The van der Waals surface area contributed by atoms with Gasteiger partial charge in [0.2, 0.25) is 6.41 Å². The van der Waals surface area contributed by atoms with Gasteiger partial charge in [0.15, 0.2) is 0 Å². The lowest BCUT2D eigenvalue weighted by molar-refractivity contribution is -0.284. The molecule has 0 spiro atoms. The molecule has 0 heterocycles. The molecule has 2 aromatic carbocycles. The topological polar surface area (TPSA) is 87.8 Å². The van der Waals surface area contributed by atoms with Gasteiger partial charge in [-0.25, -0.2) is 9.19 Å². The van der Waals surface area contributed by atoms with Crippen molar-refractivity contribution < 1.29 is 14.9 Å². The SMILES string of the molecule is CC(C)CN(CC(OO)C(Cc1ccccc1)NC=O)Sc1ccc(N)cc1. The molecule has 0 radical (unpaired) electrons. The number of carbonyl (C=O) groups is 1. The summed E-state index contributed by atoms with van der Waals surface area (Å²) in [6.45, 7) is 5.52. The summed E-state index contributed by atoms with van der Waals surface area (Å²) in [5, 5.41) is 12.4. The van der Waals surface area contributed by atoms with Crippen molar-refractivity contribution in [2.75, 3.05) is 18.8 Å². The van der Waals surface area contributed by atoms with E-state index in [2.05, 4.69) is 23.5 Å². The van der Waals surface area contributed by atoms with Gasteiger partial charge in [-0.15, -0.1) is 0 Å². The van der Waals surface area contributed by atoms with Gasteiger partial charge in [-0.05, 0) is 54.1 Å². The Hall–Kier alpha value is -2.06. The van der Waals surface area contributed by atoms with Crippen LogP contribution in [-0.2, 0) is 16.1 Å². The number of anilines is 1. The molecule has 0 aliphatic rings. The Morgan fingerprint density at radius 3 is 2.39 bits per heavy atom. The number of hydrogen-bond acceptors (Lipinski definition) is 6. The predicted molar refractivity (Wildman–Crippen MR) is 114 cm³/mol. The number of amides is 1. The number of benzene rings is 2. The van der Waals surface area contributed by atoms with E-state index < -0.39 is 6.10 Å². The van der Waals surface area contributed by atoms with Gasteiger partial charge in [-0.1, -0.05) is 44.2 Å². The number of nitrogen functional groups attached to an aromatic ring is 1. The maximum Gasteiger partial charge on any atom is 0.207 e. The maximum atomic E-state index is 11.1. The molecule has 2 aromatic rings. The molecule has 1 amide bonds. The normalized spacial score (nSPS) is 13.5. The Morgan fingerprint density at radius 1 is 1.14 bits per heavy atom. The minimum atomic E-state index is -0.578. The molecule has 6 nitrogen and oxygen atoms in total. The minimum absolute atomic E-state index is 0.355. The summed E-state index contributed by atoms with van der Waals surface area (Å²) in [6, 6.07) is 17.1. The fraction of sp³-hybridized carbons (Fsp3) is 0.381. The Labute approximate surface area is 171 Å². The van der Waals surface area contributed by atoms with Gasteiger partial charge < -0.3 is 11.1 Å². The number of hydrogen-bond donors (Lipinski definition) is 3. The fourth-order valence-electron chi connectivity index (χ4n) is 2.92. The van der Waals surface area contributed by atoms with E-state index in [1.165, 1.54) is 0 Å². The molecule has 0 saturated carbocycles. The first-order valence-electron chi connectivity index (χ1n) is 9.34. The van der Waals surface area contributed by atoms with Crippen LogP contribution in [0.4, 0.5) is 5.69 Å². The van der Waals surface area contributed by atoms with Crippen LogP contribution in [0, 0.1) is 5.92 Å². The summed E-state index contributed by atoms with van der Waals surface area (Å²) in [4.78, 5) is 17.0. The third-order valence-corrected chi connectivity index (χ3v) is 5.27. The summed E-state index contributed by atoms with van der Waals surface area (Å²) in [7, 11) is 0. The van der Waals surface area contributed by atoms with Gasteiger partial charge in [0, 0.05) is 23.7 Å². The maximum absolute atomic E-state index is 11.1. The second kappa shape index (κ2) is 11.7. The molecule has 0 bridgehead atoms. The molecule has 0 aliphatic heterocycles. The average Bonchev–Trinajstić information content (AvgIpc) is 2.68. The van der Waals surface area contributed by atoms with E-state index >= 15 is 0 Å². The molecule has 2 atom stereocenters. The quantitative estimate of drug-likeness (QED) is 0.165. The van der Waals surface area contributed by atoms with Crippen molar-refractivity contribution in [2.24, 2.45) is 5.92 Å². The highest BCUT2D eigenvalue weighted by atomic mass is 32.2. The van der Waals surface area contributed by atoms with Crippen LogP contribution in [0.25, 0.3) is 0 Å². The van der Waals surface area contributed by atoms with Crippen LogP contribution in [0.1, 0.15) is 19.4 Å². The smallest absolute Gasteiger partial charge is 0.207 e. The zero-order chi connectivity index (χ0) is 20.4. The largest absolute Gasteiger partial charge is 0.399 e. The molecule has 0 aromatic heterocycles. The lowest BCUT2D eigenvalue weighted by atomic mass is 10.0. The fourth-order valence-corrected chi connectivity index (χ4v) is 4.07. The predicted octanol–water partition coefficient (Wildman–Crippen LogP) is 3.45. The Kier molecular flexibility index (Phi) is 9.30. The third-order valence-electron chi connectivity index (χ3n) is 4.23. The number of rotatable bonds is 12. The first kappa shape index (κ1) is 22.2. The summed E-state index contributed by atoms with van der Waals surface area (Å²) < 4.78 is 2.14. The average molecular weight is 404 g/mol. The highest BCUT2D eigenvalue weighted by molar-refractivity contribution is 7.97. The second-order valence-corrected chi connectivity index (χ2v) is 8.30.